The molecule has 0 radical (unpaired) electrons. The predicted molar refractivity (Wildman–Crippen MR) is 56.6 cm³/mol. The third-order valence-electron chi connectivity index (χ3n) is 2.35. The lowest BCUT2D eigenvalue weighted by Crippen LogP contribution is -2.37. The number of nitrogens with two attached hydrogens (primary N) is 1. The normalized spacial score (nSPS) is 19.5. The Labute approximate surface area is 79.7 Å². The number of nitrogens with one attached hydrogen (secondary N) is 1. The van der Waals surface area contributed by atoms with Gasteiger partial charge in [-0.1, -0.05) is 0 Å². The first kappa shape index (κ1) is 10.4. The van der Waals surface area contributed by atoms with Gasteiger partial charge in [-0.15, -0.1) is 0 Å². The lowest BCUT2D eigenvalue weighted by molar-refractivity contribution is 0.494. The van der Waals surface area contributed by atoms with Crippen molar-refractivity contribution in [3.63, 3.8) is 0 Å². The molecule has 0 heterocycles. The maximum atomic E-state index is 5.65. The van der Waals surface area contributed by atoms with Crippen molar-refractivity contribution in [1.82, 2.24) is 5.32 Å². The number of rotatable bonds is 7. The van der Waals surface area contributed by atoms with Crippen molar-refractivity contribution in [2.45, 2.75) is 25.3 Å². The third kappa shape index (κ3) is 4.33. The minimum Gasteiger partial charge on any atom is -0.329 e. The van der Waals surface area contributed by atoms with Crippen LogP contribution >= 0.6 is 11.8 Å². The predicted octanol–water partition coefficient (Wildman–Crippen LogP) is 1.07. The van der Waals surface area contributed by atoms with Crippen LogP contribution in [0.1, 0.15) is 19.3 Å². The van der Waals surface area contributed by atoms with Crippen LogP contribution in [0, 0.1) is 5.92 Å². The first-order chi connectivity index (χ1) is 5.86. The molecule has 0 aromatic carbocycles. The SMILES string of the molecule is CSCCC(CN)NCC1CC1. The minimum atomic E-state index is 0.554. The zero-order valence-electron chi connectivity index (χ0n) is 7.88. The highest BCUT2D eigenvalue weighted by atomic mass is 32.2. The summed E-state index contributed by atoms with van der Waals surface area (Å²) in [6.45, 7) is 1.98. The highest BCUT2D eigenvalue weighted by Crippen LogP contribution is 2.27. The fourth-order valence-corrected chi connectivity index (χ4v) is 1.74. The molecule has 1 unspecified atom stereocenters. The topological polar surface area (TPSA) is 38.0 Å². The minimum absolute atomic E-state index is 0.554. The molecule has 0 spiro atoms. The molecule has 1 fully saturated rings. The fourth-order valence-electron chi connectivity index (χ4n) is 1.22. The summed E-state index contributed by atoms with van der Waals surface area (Å²) in [4.78, 5) is 0. The van der Waals surface area contributed by atoms with Gasteiger partial charge in [0.2, 0.25) is 0 Å². The number of hydrogen-bond donors (Lipinski definition) is 2. The van der Waals surface area contributed by atoms with Crippen LogP contribution in [0.2, 0.25) is 0 Å². The molecule has 12 heavy (non-hydrogen) atoms. The van der Waals surface area contributed by atoms with Crippen LogP contribution in [-0.2, 0) is 0 Å². The smallest absolute Gasteiger partial charge is 0.0198 e. The van der Waals surface area contributed by atoms with Gasteiger partial charge in [-0.05, 0) is 43.7 Å². The molecule has 3 heteroatoms. The maximum Gasteiger partial charge on any atom is 0.0198 e. The first-order valence-corrected chi connectivity index (χ1v) is 6.18. The lowest BCUT2D eigenvalue weighted by atomic mass is 10.2. The van der Waals surface area contributed by atoms with E-state index in [0.717, 1.165) is 12.5 Å². The third-order valence-corrected chi connectivity index (χ3v) is 2.99. The van der Waals surface area contributed by atoms with E-state index >= 15 is 0 Å². The molecule has 3 N–H and O–H groups in total. The molecule has 0 aromatic rings. The van der Waals surface area contributed by atoms with Crippen LogP contribution in [0.4, 0.5) is 0 Å². The molecular weight excluding hydrogens is 168 g/mol. The molecular formula is C9H20N2S. The molecule has 0 saturated heterocycles. The second-order valence-electron chi connectivity index (χ2n) is 3.57. The summed E-state index contributed by atoms with van der Waals surface area (Å²) < 4.78 is 0. The van der Waals surface area contributed by atoms with Gasteiger partial charge in [0, 0.05) is 12.6 Å². The first-order valence-electron chi connectivity index (χ1n) is 4.79. The Hall–Kier alpha value is 0.270. The highest BCUT2D eigenvalue weighted by Gasteiger charge is 2.21. The van der Waals surface area contributed by atoms with Crippen LogP contribution in [0.15, 0.2) is 0 Å². The summed E-state index contributed by atoms with van der Waals surface area (Å²) in [5, 5.41) is 3.53. The second-order valence-corrected chi connectivity index (χ2v) is 4.55. The van der Waals surface area contributed by atoms with Crippen LogP contribution in [0.3, 0.4) is 0 Å². The Morgan fingerprint density at radius 2 is 2.33 bits per heavy atom. The quantitative estimate of drug-likeness (QED) is 0.627. The molecule has 1 saturated carbocycles. The molecule has 0 aromatic heterocycles. The van der Waals surface area contributed by atoms with Crippen molar-refractivity contribution in [1.29, 1.82) is 0 Å². The Kier molecular flexibility index (Phi) is 5.04. The van der Waals surface area contributed by atoms with Gasteiger partial charge < -0.3 is 11.1 Å². The summed E-state index contributed by atoms with van der Waals surface area (Å²) in [5.41, 5.74) is 5.65. The van der Waals surface area contributed by atoms with Crippen LogP contribution in [0.5, 0.6) is 0 Å². The van der Waals surface area contributed by atoms with E-state index in [9.17, 15) is 0 Å². The summed E-state index contributed by atoms with van der Waals surface area (Å²) in [6, 6.07) is 0.554. The van der Waals surface area contributed by atoms with Crippen molar-refractivity contribution < 1.29 is 0 Å². The summed E-state index contributed by atoms with van der Waals surface area (Å²) >= 11 is 1.90. The summed E-state index contributed by atoms with van der Waals surface area (Å²) in [6.07, 6.45) is 6.21. The molecule has 0 aliphatic heterocycles. The highest BCUT2D eigenvalue weighted by molar-refractivity contribution is 7.98. The molecule has 1 rings (SSSR count). The Bertz CT molecular complexity index is 115. The number of thioether (sulfide) groups is 1. The second kappa shape index (κ2) is 5.84. The Morgan fingerprint density at radius 3 is 2.83 bits per heavy atom. The molecule has 1 aliphatic carbocycles. The van der Waals surface area contributed by atoms with Crippen molar-refractivity contribution in [2.24, 2.45) is 11.7 Å². The molecule has 1 atom stereocenters. The van der Waals surface area contributed by atoms with Gasteiger partial charge in [0.05, 0.1) is 0 Å². The largest absolute Gasteiger partial charge is 0.329 e. The van der Waals surface area contributed by atoms with Gasteiger partial charge in [-0.25, -0.2) is 0 Å². The van der Waals surface area contributed by atoms with Crippen LogP contribution in [0.25, 0.3) is 0 Å². The van der Waals surface area contributed by atoms with E-state index in [1.807, 2.05) is 11.8 Å². The van der Waals surface area contributed by atoms with Gasteiger partial charge in [0.25, 0.3) is 0 Å². The van der Waals surface area contributed by atoms with Gasteiger partial charge in [-0.2, -0.15) is 11.8 Å². The summed E-state index contributed by atoms with van der Waals surface area (Å²) in [7, 11) is 0. The molecule has 2 nitrogen and oxygen atoms in total. The maximum absolute atomic E-state index is 5.65. The standard InChI is InChI=1S/C9H20N2S/c1-12-5-4-9(6-10)11-7-8-2-3-8/h8-9,11H,2-7,10H2,1H3. The van der Waals surface area contributed by atoms with Crippen molar-refractivity contribution in [3.05, 3.63) is 0 Å². The fraction of sp³-hybridized carbons (Fsp3) is 1.00. The van der Waals surface area contributed by atoms with E-state index in [1.54, 1.807) is 0 Å². The van der Waals surface area contributed by atoms with Gasteiger partial charge in [0.1, 0.15) is 0 Å². The molecule has 0 amide bonds. The molecule has 1 aliphatic rings. The van der Waals surface area contributed by atoms with Crippen molar-refractivity contribution in [3.8, 4) is 0 Å². The van der Waals surface area contributed by atoms with Gasteiger partial charge in [-0.3, -0.25) is 0 Å². The van der Waals surface area contributed by atoms with Crippen molar-refractivity contribution in [2.75, 3.05) is 25.1 Å². The van der Waals surface area contributed by atoms with Gasteiger partial charge in [0.15, 0.2) is 0 Å². The van der Waals surface area contributed by atoms with E-state index in [4.69, 9.17) is 5.73 Å². The Balaban J connectivity index is 1.98. The van der Waals surface area contributed by atoms with Crippen molar-refractivity contribution >= 4 is 11.8 Å². The zero-order chi connectivity index (χ0) is 8.81. The average Bonchev–Trinajstić information content (AvgIpc) is 2.89. The van der Waals surface area contributed by atoms with Crippen LogP contribution < -0.4 is 11.1 Å². The molecule has 72 valence electrons. The number of hydrogen-bond acceptors (Lipinski definition) is 3. The zero-order valence-corrected chi connectivity index (χ0v) is 8.70. The van der Waals surface area contributed by atoms with E-state index in [1.165, 1.54) is 31.6 Å². The molecule has 0 bridgehead atoms. The van der Waals surface area contributed by atoms with E-state index < -0.39 is 0 Å². The van der Waals surface area contributed by atoms with Crippen LogP contribution in [-0.4, -0.2) is 31.1 Å². The Morgan fingerprint density at radius 1 is 1.58 bits per heavy atom. The average molecular weight is 188 g/mol. The lowest BCUT2D eigenvalue weighted by Gasteiger charge is -2.15. The monoisotopic (exact) mass is 188 g/mol. The summed E-state index contributed by atoms with van der Waals surface area (Å²) in [5.74, 6) is 2.19. The van der Waals surface area contributed by atoms with E-state index in [-0.39, 0.29) is 0 Å². The van der Waals surface area contributed by atoms with E-state index in [0.29, 0.717) is 6.04 Å². The van der Waals surface area contributed by atoms with E-state index in [2.05, 4.69) is 11.6 Å². The van der Waals surface area contributed by atoms with Gasteiger partial charge >= 0.3 is 0 Å².